The fraction of sp³-hybridized carbons (Fsp3) is 0.0870. The molecule has 0 aliphatic carbocycles. The van der Waals surface area contributed by atoms with E-state index in [4.69, 9.17) is 20.4 Å². The number of fused-ring (bicyclic) bond motifs is 1. The minimum atomic E-state index is 0.604. The van der Waals surface area contributed by atoms with Crippen LogP contribution in [0.5, 0.6) is 0 Å². The number of nitrogens with zero attached hydrogens (tertiary/aromatic N) is 1. The molecular weight excluding hydrogens is 372 g/mol. The number of rotatable bonds is 3. The first-order valence-electron chi connectivity index (χ1n) is 9.00. The number of nitrogens with one attached hydrogen (secondary N) is 1. The number of oxazole rings is 1. The summed E-state index contributed by atoms with van der Waals surface area (Å²) in [6.07, 6.45) is 1.66. The van der Waals surface area contributed by atoms with Crippen molar-refractivity contribution in [3.63, 3.8) is 0 Å². The summed E-state index contributed by atoms with van der Waals surface area (Å²) in [7, 11) is 0. The third kappa shape index (κ3) is 2.74. The molecule has 4 nitrogen and oxygen atoms in total. The molecule has 3 heterocycles. The molecule has 2 aromatic carbocycles. The summed E-state index contributed by atoms with van der Waals surface area (Å²) < 4.78 is 11.8. The molecule has 28 heavy (non-hydrogen) atoms. The minimum Gasteiger partial charge on any atom is -0.463 e. The number of hydrogen-bond acceptors (Lipinski definition) is 3. The molecule has 5 aromatic rings. The van der Waals surface area contributed by atoms with Crippen LogP contribution in [0.3, 0.4) is 0 Å². The van der Waals surface area contributed by atoms with Gasteiger partial charge in [0, 0.05) is 28.4 Å². The summed E-state index contributed by atoms with van der Waals surface area (Å²) in [5, 5.41) is 1.62. The SMILES string of the molecule is Cc1ccc(-c2nc(C)oc2-c2c(-c3ccco3)[nH]c3ccc(Cl)cc23)cc1. The second-order valence-corrected chi connectivity index (χ2v) is 7.26. The molecule has 5 heteroatoms. The molecule has 0 spiro atoms. The van der Waals surface area contributed by atoms with E-state index in [-0.39, 0.29) is 0 Å². The highest BCUT2D eigenvalue weighted by Gasteiger charge is 2.24. The van der Waals surface area contributed by atoms with E-state index in [1.165, 1.54) is 5.56 Å². The molecule has 0 aliphatic rings. The molecule has 0 unspecified atom stereocenters. The van der Waals surface area contributed by atoms with Crippen molar-refractivity contribution in [3.05, 3.63) is 77.3 Å². The van der Waals surface area contributed by atoms with Gasteiger partial charge in [-0.15, -0.1) is 0 Å². The monoisotopic (exact) mass is 388 g/mol. The Morgan fingerprint density at radius 3 is 2.57 bits per heavy atom. The topological polar surface area (TPSA) is 55.0 Å². The molecule has 1 N–H and O–H groups in total. The predicted octanol–water partition coefficient (Wildman–Crippen LogP) is 7.02. The second-order valence-electron chi connectivity index (χ2n) is 6.82. The van der Waals surface area contributed by atoms with Crippen molar-refractivity contribution in [3.8, 4) is 34.0 Å². The van der Waals surface area contributed by atoms with E-state index in [1.54, 1.807) is 6.26 Å². The number of H-pyrrole nitrogens is 1. The molecule has 0 bridgehead atoms. The molecule has 0 radical (unpaired) electrons. The lowest BCUT2D eigenvalue weighted by Gasteiger charge is -2.04. The molecule has 0 atom stereocenters. The fourth-order valence-electron chi connectivity index (χ4n) is 3.51. The highest BCUT2D eigenvalue weighted by Crippen LogP contribution is 2.43. The first kappa shape index (κ1) is 16.9. The number of aryl methyl sites for hydroxylation is 2. The lowest BCUT2D eigenvalue weighted by atomic mass is 10.0. The van der Waals surface area contributed by atoms with Crippen LogP contribution in [0.4, 0.5) is 0 Å². The Balaban J connectivity index is 1.84. The van der Waals surface area contributed by atoms with E-state index in [9.17, 15) is 0 Å². The van der Waals surface area contributed by atoms with E-state index < -0.39 is 0 Å². The van der Waals surface area contributed by atoms with Gasteiger partial charge in [0.25, 0.3) is 0 Å². The second kappa shape index (κ2) is 6.43. The van der Waals surface area contributed by atoms with Gasteiger partial charge in [-0.25, -0.2) is 4.98 Å². The normalized spacial score (nSPS) is 11.4. The van der Waals surface area contributed by atoms with Gasteiger partial charge >= 0.3 is 0 Å². The Bertz CT molecular complexity index is 1280. The predicted molar refractivity (Wildman–Crippen MR) is 111 cm³/mol. The summed E-state index contributed by atoms with van der Waals surface area (Å²) in [6, 6.07) is 17.8. The van der Waals surface area contributed by atoms with Crippen LogP contribution in [0, 0.1) is 13.8 Å². The Morgan fingerprint density at radius 1 is 1.00 bits per heavy atom. The molecule has 0 aliphatic heterocycles. The third-order valence-corrected chi connectivity index (χ3v) is 5.05. The van der Waals surface area contributed by atoms with Gasteiger partial charge in [-0.05, 0) is 37.3 Å². The van der Waals surface area contributed by atoms with Crippen molar-refractivity contribution in [1.29, 1.82) is 0 Å². The van der Waals surface area contributed by atoms with E-state index in [2.05, 4.69) is 41.2 Å². The molecular formula is C23H17ClN2O2. The van der Waals surface area contributed by atoms with Gasteiger partial charge in [0.15, 0.2) is 17.4 Å². The Hall–Kier alpha value is -3.24. The smallest absolute Gasteiger partial charge is 0.192 e. The van der Waals surface area contributed by atoms with Crippen LogP contribution in [0.1, 0.15) is 11.5 Å². The molecule has 0 saturated carbocycles. The Labute approximate surface area is 166 Å². The number of benzene rings is 2. The summed E-state index contributed by atoms with van der Waals surface area (Å²) in [6.45, 7) is 3.92. The third-order valence-electron chi connectivity index (χ3n) is 4.81. The zero-order valence-electron chi connectivity index (χ0n) is 15.4. The molecule has 138 valence electrons. The highest BCUT2D eigenvalue weighted by atomic mass is 35.5. The molecule has 0 fully saturated rings. The fourth-order valence-corrected chi connectivity index (χ4v) is 3.68. The van der Waals surface area contributed by atoms with E-state index >= 15 is 0 Å². The molecule has 0 amide bonds. The first-order valence-corrected chi connectivity index (χ1v) is 9.38. The summed E-state index contributed by atoms with van der Waals surface area (Å²) in [5.74, 6) is 2.03. The lowest BCUT2D eigenvalue weighted by Crippen LogP contribution is -1.85. The van der Waals surface area contributed by atoms with Crippen molar-refractivity contribution in [2.75, 3.05) is 0 Å². The zero-order chi connectivity index (χ0) is 19.3. The molecule has 0 saturated heterocycles. The van der Waals surface area contributed by atoms with E-state index in [0.29, 0.717) is 16.7 Å². The summed E-state index contributed by atoms with van der Waals surface area (Å²) >= 11 is 6.31. The van der Waals surface area contributed by atoms with Crippen LogP contribution in [0.2, 0.25) is 5.02 Å². The van der Waals surface area contributed by atoms with Crippen LogP contribution in [0.25, 0.3) is 44.9 Å². The highest BCUT2D eigenvalue weighted by molar-refractivity contribution is 6.31. The van der Waals surface area contributed by atoms with Gasteiger partial charge in [-0.2, -0.15) is 0 Å². The zero-order valence-corrected chi connectivity index (χ0v) is 16.2. The van der Waals surface area contributed by atoms with Gasteiger partial charge in [0.05, 0.1) is 17.5 Å². The molecule has 3 aromatic heterocycles. The van der Waals surface area contributed by atoms with Crippen molar-refractivity contribution in [2.45, 2.75) is 13.8 Å². The van der Waals surface area contributed by atoms with Crippen LogP contribution in [-0.2, 0) is 0 Å². The van der Waals surface area contributed by atoms with Crippen molar-refractivity contribution >= 4 is 22.5 Å². The van der Waals surface area contributed by atoms with Crippen LogP contribution in [-0.4, -0.2) is 9.97 Å². The van der Waals surface area contributed by atoms with Gasteiger partial charge in [-0.1, -0.05) is 41.4 Å². The average molecular weight is 389 g/mol. The number of aromatic amines is 1. The van der Waals surface area contributed by atoms with Crippen LogP contribution < -0.4 is 0 Å². The Kier molecular flexibility index (Phi) is 3.88. The van der Waals surface area contributed by atoms with Gasteiger partial charge in [-0.3, -0.25) is 0 Å². The van der Waals surface area contributed by atoms with Crippen molar-refractivity contribution in [1.82, 2.24) is 9.97 Å². The molecule has 5 rings (SSSR count). The maximum atomic E-state index is 6.31. The van der Waals surface area contributed by atoms with Crippen molar-refractivity contribution < 1.29 is 8.83 Å². The quantitative estimate of drug-likeness (QED) is 0.361. The summed E-state index contributed by atoms with van der Waals surface area (Å²) in [4.78, 5) is 8.12. The summed E-state index contributed by atoms with van der Waals surface area (Å²) in [5.41, 5.74) is 5.68. The van der Waals surface area contributed by atoms with Gasteiger partial charge in [0.2, 0.25) is 0 Å². The average Bonchev–Trinajstić information content (AvgIpc) is 3.40. The number of halogens is 1. The number of aromatic nitrogens is 2. The van der Waals surface area contributed by atoms with Crippen molar-refractivity contribution in [2.24, 2.45) is 0 Å². The lowest BCUT2D eigenvalue weighted by molar-refractivity contribution is 0.534. The van der Waals surface area contributed by atoms with Gasteiger partial charge in [0.1, 0.15) is 5.69 Å². The number of furan rings is 1. The minimum absolute atomic E-state index is 0.604. The van der Waals surface area contributed by atoms with Crippen LogP contribution >= 0.6 is 11.6 Å². The van der Waals surface area contributed by atoms with E-state index in [1.807, 2.05) is 37.3 Å². The maximum absolute atomic E-state index is 6.31. The number of hydrogen-bond donors (Lipinski definition) is 1. The van der Waals surface area contributed by atoms with Crippen LogP contribution in [0.15, 0.2) is 69.7 Å². The maximum Gasteiger partial charge on any atom is 0.192 e. The van der Waals surface area contributed by atoms with E-state index in [0.717, 1.165) is 39.2 Å². The first-order chi connectivity index (χ1) is 13.6. The largest absolute Gasteiger partial charge is 0.463 e. The Morgan fingerprint density at radius 2 is 1.82 bits per heavy atom. The standard InChI is InChI=1S/C23H17ClN2O2/c1-13-5-7-15(8-6-13)21-23(28-14(2)25-21)20-17-12-16(24)9-10-18(17)26-22(20)19-4-3-11-27-19/h3-12,26H,1-2H3. The van der Waals surface area contributed by atoms with Gasteiger partial charge < -0.3 is 13.8 Å².